The molecular weight excluding hydrogens is 354 g/mol. The van der Waals surface area contributed by atoms with Crippen molar-refractivity contribution >= 4 is 17.2 Å². The van der Waals surface area contributed by atoms with Gasteiger partial charge in [0.15, 0.2) is 0 Å². The number of rotatable bonds is 4. The van der Waals surface area contributed by atoms with Crippen LogP contribution in [-0.4, -0.2) is 35.3 Å². The van der Waals surface area contributed by atoms with Gasteiger partial charge in [-0.05, 0) is 43.5 Å². The van der Waals surface area contributed by atoms with E-state index in [1.54, 1.807) is 12.1 Å². The Labute approximate surface area is 163 Å². The highest BCUT2D eigenvalue weighted by Gasteiger charge is 2.22. The van der Waals surface area contributed by atoms with Gasteiger partial charge in [-0.15, -0.1) is 0 Å². The maximum atomic E-state index is 11.0. The molecule has 4 rings (SSSR count). The lowest BCUT2D eigenvalue weighted by Gasteiger charge is -2.12. The zero-order chi connectivity index (χ0) is 19.7. The number of anilines is 2. The van der Waals surface area contributed by atoms with E-state index in [9.17, 15) is 10.1 Å². The number of hydrogen-bond donors (Lipinski definition) is 1. The van der Waals surface area contributed by atoms with E-state index in [-0.39, 0.29) is 10.6 Å². The molecule has 1 aliphatic heterocycles. The van der Waals surface area contributed by atoms with Crippen molar-refractivity contribution < 1.29 is 4.92 Å². The lowest BCUT2D eigenvalue weighted by Crippen LogP contribution is -2.08. The molecule has 0 radical (unpaired) electrons. The molecule has 3 aromatic rings. The molecule has 0 saturated heterocycles. The molecule has 2 heterocycles. The van der Waals surface area contributed by atoms with Crippen LogP contribution in [0.2, 0.25) is 0 Å². The van der Waals surface area contributed by atoms with E-state index in [2.05, 4.69) is 34.5 Å². The average Bonchev–Trinajstić information content (AvgIpc) is 2.89. The van der Waals surface area contributed by atoms with Crippen molar-refractivity contribution in [2.75, 3.05) is 30.9 Å². The molecule has 0 spiro atoms. The number of nitro groups is 1. The number of fused-ring (bicyclic) bond motifs is 1. The third kappa shape index (κ3) is 3.31. The molecule has 28 heavy (non-hydrogen) atoms. The molecule has 0 saturated carbocycles. The first-order valence-electron chi connectivity index (χ1n) is 9.43. The van der Waals surface area contributed by atoms with Crippen LogP contribution in [0.15, 0.2) is 48.5 Å². The Morgan fingerprint density at radius 3 is 2.43 bits per heavy atom. The zero-order valence-electron chi connectivity index (χ0n) is 16.1. The topological polar surface area (TPSA) is 76.2 Å². The molecule has 1 aliphatic rings. The van der Waals surface area contributed by atoms with E-state index in [0.717, 1.165) is 54.3 Å². The third-order valence-electron chi connectivity index (χ3n) is 5.09. The van der Waals surface area contributed by atoms with E-state index in [0.29, 0.717) is 0 Å². The minimum atomic E-state index is -0.386. The summed E-state index contributed by atoms with van der Waals surface area (Å²) in [6, 6.07) is 14.9. The zero-order valence-corrected chi connectivity index (χ0v) is 16.1. The molecule has 2 aromatic carbocycles. The van der Waals surface area contributed by atoms with E-state index in [4.69, 9.17) is 5.10 Å². The molecule has 0 bridgehead atoms. The van der Waals surface area contributed by atoms with Crippen LogP contribution in [-0.2, 0) is 6.42 Å². The fourth-order valence-electron chi connectivity index (χ4n) is 3.55. The van der Waals surface area contributed by atoms with Crippen molar-refractivity contribution in [2.24, 2.45) is 0 Å². The maximum absolute atomic E-state index is 11.0. The Morgan fingerprint density at radius 2 is 1.79 bits per heavy atom. The van der Waals surface area contributed by atoms with Gasteiger partial charge in [-0.3, -0.25) is 10.1 Å². The average molecular weight is 377 g/mol. The Hall–Kier alpha value is -3.35. The van der Waals surface area contributed by atoms with Crippen LogP contribution in [0, 0.1) is 10.1 Å². The summed E-state index contributed by atoms with van der Waals surface area (Å²) in [4.78, 5) is 12.6. The Balaban J connectivity index is 1.80. The van der Waals surface area contributed by atoms with E-state index < -0.39 is 0 Å². The summed E-state index contributed by atoms with van der Waals surface area (Å²) in [6.45, 7) is 0.894. The van der Waals surface area contributed by atoms with Crippen LogP contribution < -0.4 is 10.2 Å². The standard InChI is InChI=1S/C21H23N5O2/c1-24(2)16-8-6-15(7-9-16)20-19-5-3-4-14-22-21(19)25(23-20)17-10-12-18(13-11-17)26(27)28/h6-13,22H,3-5,14H2,1-2H3. The lowest BCUT2D eigenvalue weighted by atomic mass is 10.0. The quantitative estimate of drug-likeness (QED) is 0.543. The van der Waals surface area contributed by atoms with Gasteiger partial charge in [0.1, 0.15) is 5.82 Å². The number of nitrogens with one attached hydrogen (secondary N) is 1. The number of non-ortho nitro benzene ring substituents is 1. The first kappa shape index (κ1) is 18.0. The number of aromatic nitrogens is 2. The van der Waals surface area contributed by atoms with Crippen molar-refractivity contribution in [3.05, 3.63) is 64.2 Å². The van der Waals surface area contributed by atoms with Gasteiger partial charge >= 0.3 is 0 Å². The lowest BCUT2D eigenvalue weighted by molar-refractivity contribution is -0.384. The Bertz CT molecular complexity index is 991. The Morgan fingerprint density at radius 1 is 1.07 bits per heavy atom. The van der Waals surface area contributed by atoms with Crippen molar-refractivity contribution in [1.29, 1.82) is 0 Å². The normalized spacial score (nSPS) is 13.4. The summed E-state index contributed by atoms with van der Waals surface area (Å²) < 4.78 is 1.87. The van der Waals surface area contributed by atoms with E-state index >= 15 is 0 Å². The summed E-state index contributed by atoms with van der Waals surface area (Å²) >= 11 is 0. The van der Waals surface area contributed by atoms with Crippen LogP contribution in [0.4, 0.5) is 17.2 Å². The smallest absolute Gasteiger partial charge is 0.269 e. The summed E-state index contributed by atoms with van der Waals surface area (Å²) in [6.07, 6.45) is 3.17. The molecule has 1 N–H and O–H groups in total. The largest absolute Gasteiger partial charge is 0.378 e. The molecule has 0 aliphatic carbocycles. The molecule has 7 heteroatoms. The van der Waals surface area contributed by atoms with Gasteiger partial charge in [0, 0.05) is 49.6 Å². The summed E-state index contributed by atoms with van der Waals surface area (Å²) in [7, 11) is 4.04. The first-order valence-corrected chi connectivity index (χ1v) is 9.43. The molecule has 0 fully saturated rings. The number of nitrogens with zero attached hydrogens (tertiary/aromatic N) is 4. The second-order valence-electron chi connectivity index (χ2n) is 7.19. The predicted octanol–water partition coefficient (Wildman–Crippen LogP) is 4.26. The van der Waals surface area contributed by atoms with Gasteiger partial charge in [-0.25, -0.2) is 4.68 Å². The fraction of sp³-hybridized carbons (Fsp3) is 0.286. The molecule has 144 valence electrons. The van der Waals surface area contributed by atoms with Crippen LogP contribution in [0.3, 0.4) is 0 Å². The van der Waals surface area contributed by atoms with Crippen LogP contribution >= 0.6 is 0 Å². The Kier molecular flexibility index (Phi) is 4.73. The van der Waals surface area contributed by atoms with Gasteiger partial charge in [-0.2, -0.15) is 5.10 Å². The molecule has 7 nitrogen and oxygen atoms in total. The summed E-state index contributed by atoms with van der Waals surface area (Å²) in [5, 5.41) is 19.4. The van der Waals surface area contributed by atoms with Crippen molar-refractivity contribution in [1.82, 2.24) is 9.78 Å². The van der Waals surface area contributed by atoms with E-state index in [1.165, 1.54) is 17.7 Å². The number of hydrogen-bond acceptors (Lipinski definition) is 5. The number of benzene rings is 2. The van der Waals surface area contributed by atoms with Gasteiger partial charge < -0.3 is 10.2 Å². The highest BCUT2D eigenvalue weighted by molar-refractivity contribution is 5.72. The van der Waals surface area contributed by atoms with Crippen molar-refractivity contribution in [3.63, 3.8) is 0 Å². The minimum absolute atomic E-state index is 0.0782. The third-order valence-corrected chi connectivity index (χ3v) is 5.09. The number of nitro benzene ring substituents is 1. The highest BCUT2D eigenvalue weighted by Crippen LogP contribution is 2.34. The van der Waals surface area contributed by atoms with Crippen LogP contribution in [0.1, 0.15) is 18.4 Å². The fourth-order valence-corrected chi connectivity index (χ4v) is 3.55. The second kappa shape index (κ2) is 7.34. The van der Waals surface area contributed by atoms with Crippen LogP contribution in [0.5, 0.6) is 0 Å². The summed E-state index contributed by atoms with van der Waals surface area (Å²) in [5.74, 6) is 0.984. The van der Waals surface area contributed by atoms with Gasteiger partial charge in [0.05, 0.1) is 16.3 Å². The second-order valence-corrected chi connectivity index (χ2v) is 7.19. The van der Waals surface area contributed by atoms with Gasteiger partial charge in [0.2, 0.25) is 0 Å². The van der Waals surface area contributed by atoms with Crippen LogP contribution in [0.25, 0.3) is 16.9 Å². The monoisotopic (exact) mass is 377 g/mol. The van der Waals surface area contributed by atoms with E-state index in [1.807, 2.05) is 18.8 Å². The summed E-state index contributed by atoms with van der Waals surface area (Å²) in [5.41, 5.74) is 5.28. The highest BCUT2D eigenvalue weighted by atomic mass is 16.6. The molecule has 0 amide bonds. The first-order chi connectivity index (χ1) is 13.5. The molecule has 0 atom stereocenters. The van der Waals surface area contributed by atoms with Gasteiger partial charge in [-0.1, -0.05) is 12.1 Å². The predicted molar refractivity (Wildman–Crippen MR) is 111 cm³/mol. The molecule has 0 unspecified atom stereocenters. The molecular formula is C21H23N5O2. The minimum Gasteiger partial charge on any atom is -0.378 e. The molecule has 1 aromatic heterocycles. The van der Waals surface area contributed by atoms with Gasteiger partial charge in [0.25, 0.3) is 5.69 Å². The van der Waals surface area contributed by atoms with Crippen molar-refractivity contribution in [3.8, 4) is 16.9 Å². The maximum Gasteiger partial charge on any atom is 0.269 e. The van der Waals surface area contributed by atoms with Crippen molar-refractivity contribution in [2.45, 2.75) is 19.3 Å². The SMILES string of the molecule is CN(C)c1ccc(-c2nn(-c3ccc([N+](=O)[O-])cc3)c3c2CCCCN3)cc1.